The molecule has 0 saturated carbocycles. The maximum Gasteiger partial charge on any atom is 0.162 e. The fraction of sp³-hybridized carbons (Fsp3) is 0.133. The van der Waals surface area contributed by atoms with Gasteiger partial charge in [-0.2, -0.15) is 0 Å². The number of hydrogen-bond acceptors (Lipinski definition) is 1. The predicted octanol–water partition coefficient (Wildman–Crippen LogP) is 4.74. The van der Waals surface area contributed by atoms with Crippen molar-refractivity contribution in [2.24, 2.45) is 0 Å². The van der Waals surface area contributed by atoms with E-state index < -0.39 is 5.82 Å². The maximum atomic E-state index is 13.3. The molecule has 0 aliphatic carbocycles. The van der Waals surface area contributed by atoms with Crippen molar-refractivity contribution in [1.82, 2.24) is 0 Å². The van der Waals surface area contributed by atoms with Gasteiger partial charge in [0.2, 0.25) is 0 Å². The summed E-state index contributed by atoms with van der Waals surface area (Å²) >= 11 is 5.63. The third-order valence-electron chi connectivity index (χ3n) is 2.78. The molecule has 2 aromatic carbocycles. The van der Waals surface area contributed by atoms with E-state index in [1.807, 2.05) is 19.1 Å². The Morgan fingerprint density at radius 2 is 1.72 bits per heavy atom. The lowest BCUT2D eigenvalue weighted by atomic mass is 10.0. The van der Waals surface area contributed by atoms with Crippen LogP contribution >= 0.6 is 11.6 Å². The number of carbonyl (C=O) groups excluding carboxylic acids is 1. The molecule has 0 saturated heterocycles. The third-order valence-corrected chi connectivity index (χ3v) is 3.09. The van der Waals surface area contributed by atoms with Crippen LogP contribution in [-0.2, 0) is 0 Å². The van der Waals surface area contributed by atoms with Crippen molar-refractivity contribution in [1.29, 1.82) is 0 Å². The summed E-state index contributed by atoms with van der Waals surface area (Å²) in [5.41, 5.74) is 2.28. The van der Waals surface area contributed by atoms with Crippen LogP contribution in [0.3, 0.4) is 0 Å². The summed E-state index contributed by atoms with van der Waals surface area (Å²) in [5, 5.41) is 0.108. The van der Waals surface area contributed by atoms with E-state index in [-0.39, 0.29) is 10.8 Å². The van der Waals surface area contributed by atoms with Crippen LogP contribution in [0.15, 0.2) is 42.5 Å². The molecule has 0 unspecified atom stereocenters. The minimum Gasteiger partial charge on any atom is -0.294 e. The molecule has 2 rings (SSSR count). The van der Waals surface area contributed by atoms with Crippen LogP contribution in [0, 0.1) is 5.82 Å². The molecule has 0 fully saturated rings. The summed E-state index contributed by atoms with van der Waals surface area (Å²) in [6, 6.07) is 11.8. The molecule has 0 radical (unpaired) electrons. The van der Waals surface area contributed by atoms with Gasteiger partial charge in [0, 0.05) is 12.0 Å². The normalized spacial score (nSPS) is 10.4. The maximum absolute atomic E-state index is 13.3. The SMILES string of the molecule is CCC(=O)c1ccc(-c2ccc(Cl)c(F)c2)cc1. The number of ketones is 1. The van der Waals surface area contributed by atoms with Gasteiger partial charge in [-0.3, -0.25) is 4.79 Å². The number of rotatable bonds is 3. The highest BCUT2D eigenvalue weighted by Crippen LogP contribution is 2.24. The van der Waals surface area contributed by atoms with E-state index in [2.05, 4.69) is 0 Å². The average Bonchev–Trinajstić information content (AvgIpc) is 2.41. The summed E-state index contributed by atoms with van der Waals surface area (Å²) in [5.74, 6) is -0.341. The van der Waals surface area contributed by atoms with Crippen LogP contribution in [-0.4, -0.2) is 5.78 Å². The standard InChI is InChI=1S/C15H12ClFO/c1-2-15(18)11-5-3-10(4-6-11)12-7-8-13(16)14(17)9-12/h3-9H,2H2,1H3. The van der Waals surface area contributed by atoms with Crippen LogP contribution in [0.1, 0.15) is 23.7 Å². The van der Waals surface area contributed by atoms with Gasteiger partial charge < -0.3 is 0 Å². The van der Waals surface area contributed by atoms with Gasteiger partial charge in [-0.25, -0.2) is 4.39 Å². The van der Waals surface area contributed by atoms with Crippen LogP contribution in [0.4, 0.5) is 4.39 Å². The first kappa shape index (κ1) is 12.8. The monoisotopic (exact) mass is 262 g/mol. The number of benzene rings is 2. The Hall–Kier alpha value is -1.67. The Morgan fingerprint density at radius 1 is 1.11 bits per heavy atom. The van der Waals surface area contributed by atoms with Gasteiger partial charge in [-0.05, 0) is 23.3 Å². The molecule has 1 nitrogen and oxygen atoms in total. The van der Waals surface area contributed by atoms with Crippen LogP contribution in [0.2, 0.25) is 5.02 Å². The number of Topliss-reactive ketones (excluding diaryl/α,β-unsaturated/α-hetero) is 1. The molecule has 0 bridgehead atoms. The van der Waals surface area contributed by atoms with E-state index in [9.17, 15) is 9.18 Å². The Bertz CT molecular complexity index is 576. The molecule has 0 heterocycles. The first-order chi connectivity index (χ1) is 8.61. The zero-order valence-corrected chi connectivity index (χ0v) is 10.7. The Kier molecular flexibility index (Phi) is 3.78. The summed E-state index contributed by atoms with van der Waals surface area (Å²) in [4.78, 5) is 11.5. The molecule has 3 heteroatoms. The molecule has 92 valence electrons. The van der Waals surface area contributed by atoms with E-state index in [4.69, 9.17) is 11.6 Å². The average molecular weight is 263 g/mol. The molecule has 0 atom stereocenters. The lowest BCUT2D eigenvalue weighted by molar-refractivity contribution is 0.0988. The van der Waals surface area contributed by atoms with Gasteiger partial charge in [0.05, 0.1) is 5.02 Å². The van der Waals surface area contributed by atoms with E-state index in [1.165, 1.54) is 12.1 Å². The predicted molar refractivity (Wildman–Crippen MR) is 71.5 cm³/mol. The van der Waals surface area contributed by atoms with Gasteiger partial charge in [0.15, 0.2) is 5.78 Å². The Morgan fingerprint density at radius 3 is 2.28 bits per heavy atom. The number of hydrogen-bond donors (Lipinski definition) is 0. The smallest absolute Gasteiger partial charge is 0.162 e. The fourth-order valence-corrected chi connectivity index (χ4v) is 1.85. The second kappa shape index (κ2) is 5.32. The summed E-state index contributed by atoms with van der Waals surface area (Å²) in [7, 11) is 0. The van der Waals surface area contributed by atoms with Gasteiger partial charge in [0.25, 0.3) is 0 Å². The van der Waals surface area contributed by atoms with Crippen LogP contribution < -0.4 is 0 Å². The van der Waals surface area contributed by atoms with Gasteiger partial charge in [0.1, 0.15) is 5.82 Å². The first-order valence-corrected chi connectivity index (χ1v) is 6.08. The second-order valence-electron chi connectivity index (χ2n) is 3.98. The highest BCUT2D eigenvalue weighted by atomic mass is 35.5. The molecule has 18 heavy (non-hydrogen) atoms. The van der Waals surface area contributed by atoms with Crippen molar-refractivity contribution in [3.63, 3.8) is 0 Å². The molecule has 0 aliphatic rings. The van der Waals surface area contributed by atoms with E-state index in [0.29, 0.717) is 12.0 Å². The fourth-order valence-electron chi connectivity index (χ4n) is 1.73. The van der Waals surface area contributed by atoms with Crippen molar-refractivity contribution in [2.45, 2.75) is 13.3 Å². The largest absolute Gasteiger partial charge is 0.294 e. The van der Waals surface area contributed by atoms with Gasteiger partial charge >= 0.3 is 0 Å². The van der Waals surface area contributed by atoms with Crippen molar-refractivity contribution >= 4 is 17.4 Å². The van der Waals surface area contributed by atoms with E-state index in [1.54, 1.807) is 18.2 Å². The zero-order chi connectivity index (χ0) is 13.1. The van der Waals surface area contributed by atoms with E-state index in [0.717, 1.165) is 11.1 Å². The zero-order valence-electron chi connectivity index (χ0n) is 9.91. The topological polar surface area (TPSA) is 17.1 Å². The Labute approximate surface area is 110 Å². The summed E-state index contributed by atoms with van der Waals surface area (Å²) < 4.78 is 13.3. The van der Waals surface area contributed by atoms with Gasteiger partial charge in [-0.1, -0.05) is 48.9 Å². The quantitative estimate of drug-likeness (QED) is 0.730. The van der Waals surface area contributed by atoms with Crippen molar-refractivity contribution < 1.29 is 9.18 Å². The molecular formula is C15H12ClFO. The molecule has 0 N–H and O–H groups in total. The molecule has 0 spiro atoms. The summed E-state index contributed by atoms with van der Waals surface area (Å²) in [6.07, 6.45) is 0.481. The first-order valence-electron chi connectivity index (χ1n) is 5.70. The minimum atomic E-state index is -0.442. The van der Waals surface area contributed by atoms with Gasteiger partial charge in [-0.15, -0.1) is 0 Å². The third kappa shape index (κ3) is 2.59. The van der Waals surface area contributed by atoms with Crippen LogP contribution in [0.5, 0.6) is 0 Å². The summed E-state index contributed by atoms with van der Waals surface area (Å²) in [6.45, 7) is 1.82. The molecule has 0 amide bonds. The Balaban J connectivity index is 2.34. The molecule has 2 aromatic rings. The second-order valence-corrected chi connectivity index (χ2v) is 4.39. The van der Waals surface area contributed by atoms with Crippen LogP contribution in [0.25, 0.3) is 11.1 Å². The van der Waals surface area contributed by atoms with Crippen molar-refractivity contribution in [3.05, 3.63) is 58.9 Å². The number of halogens is 2. The molecule has 0 aliphatic heterocycles. The van der Waals surface area contributed by atoms with Crippen molar-refractivity contribution in [2.75, 3.05) is 0 Å². The van der Waals surface area contributed by atoms with Crippen molar-refractivity contribution in [3.8, 4) is 11.1 Å². The minimum absolute atomic E-state index is 0.101. The highest BCUT2D eigenvalue weighted by Gasteiger charge is 2.05. The highest BCUT2D eigenvalue weighted by molar-refractivity contribution is 6.30. The number of carbonyl (C=O) groups is 1. The molecule has 0 aromatic heterocycles. The lowest BCUT2D eigenvalue weighted by Gasteiger charge is -2.04. The lowest BCUT2D eigenvalue weighted by Crippen LogP contribution is -1.95. The molecular weight excluding hydrogens is 251 g/mol. The van der Waals surface area contributed by atoms with E-state index >= 15 is 0 Å².